The fourth-order valence-corrected chi connectivity index (χ4v) is 1.02. The smallest absolute Gasteiger partial charge is 0.212 e. The van der Waals surface area contributed by atoms with Crippen LogP contribution in [-0.4, -0.2) is 18.8 Å². The summed E-state index contributed by atoms with van der Waals surface area (Å²) in [6.45, 7) is -0.410. The first-order chi connectivity index (χ1) is 6.27. The standard InChI is InChI=1S/C9H13FN2O.ClH/c1-13-9-3-2-7(6-12-9)8(11)4-5-10;/h2-3,6,8H,4-5,11H2,1H3;1H/t8-;/m0./s1. The van der Waals surface area contributed by atoms with Crippen molar-refractivity contribution < 1.29 is 9.13 Å². The average molecular weight is 221 g/mol. The molecule has 0 unspecified atom stereocenters. The van der Waals surface area contributed by atoms with Gasteiger partial charge in [0.1, 0.15) is 0 Å². The molecule has 0 aliphatic rings. The highest BCUT2D eigenvalue weighted by Crippen LogP contribution is 2.15. The Labute approximate surface area is 88.9 Å². The summed E-state index contributed by atoms with van der Waals surface area (Å²) in [6.07, 6.45) is 1.94. The van der Waals surface area contributed by atoms with Crippen molar-refractivity contribution in [1.82, 2.24) is 4.98 Å². The van der Waals surface area contributed by atoms with E-state index >= 15 is 0 Å². The molecule has 2 N–H and O–H groups in total. The SMILES string of the molecule is COc1ccc([C@@H](N)CCF)cn1.Cl. The quantitative estimate of drug-likeness (QED) is 0.843. The summed E-state index contributed by atoms with van der Waals surface area (Å²) < 4.78 is 16.8. The van der Waals surface area contributed by atoms with Gasteiger partial charge in [0, 0.05) is 18.3 Å². The fourth-order valence-electron chi connectivity index (χ4n) is 1.02. The van der Waals surface area contributed by atoms with Gasteiger partial charge in [-0.05, 0) is 12.0 Å². The summed E-state index contributed by atoms with van der Waals surface area (Å²) in [7, 11) is 1.55. The molecule has 5 heteroatoms. The summed E-state index contributed by atoms with van der Waals surface area (Å²) in [4.78, 5) is 3.98. The molecule has 3 nitrogen and oxygen atoms in total. The molecular weight excluding hydrogens is 207 g/mol. The Bertz CT molecular complexity index is 255. The first-order valence-electron chi connectivity index (χ1n) is 4.09. The zero-order valence-electron chi connectivity index (χ0n) is 7.94. The molecule has 0 aromatic carbocycles. The number of nitrogens with zero attached hydrogens (tertiary/aromatic N) is 1. The molecule has 14 heavy (non-hydrogen) atoms. The van der Waals surface area contributed by atoms with Gasteiger partial charge in [-0.25, -0.2) is 4.98 Å². The van der Waals surface area contributed by atoms with E-state index in [1.807, 2.05) is 0 Å². The van der Waals surface area contributed by atoms with Crippen LogP contribution in [0, 0.1) is 0 Å². The zero-order chi connectivity index (χ0) is 9.68. The third kappa shape index (κ3) is 3.47. The Morgan fingerprint density at radius 2 is 2.29 bits per heavy atom. The van der Waals surface area contributed by atoms with Crippen molar-refractivity contribution in [1.29, 1.82) is 0 Å². The maximum Gasteiger partial charge on any atom is 0.212 e. The van der Waals surface area contributed by atoms with Crippen molar-refractivity contribution >= 4 is 12.4 Å². The van der Waals surface area contributed by atoms with Gasteiger partial charge in [0.15, 0.2) is 0 Å². The second-order valence-corrected chi connectivity index (χ2v) is 2.72. The minimum absolute atomic E-state index is 0. The Morgan fingerprint density at radius 3 is 2.71 bits per heavy atom. The Hall–Kier alpha value is -0.870. The topological polar surface area (TPSA) is 48.1 Å². The minimum atomic E-state index is -0.410. The van der Waals surface area contributed by atoms with Crippen molar-refractivity contribution in [2.45, 2.75) is 12.5 Å². The van der Waals surface area contributed by atoms with Crippen molar-refractivity contribution in [2.24, 2.45) is 5.73 Å². The Balaban J connectivity index is 0.00000169. The number of aromatic nitrogens is 1. The fraction of sp³-hybridized carbons (Fsp3) is 0.444. The third-order valence-electron chi connectivity index (χ3n) is 1.82. The van der Waals surface area contributed by atoms with Crippen LogP contribution in [0.3, 0.4) is 0 Å². The molecule has 0 amide bonds. The van der Waals surface area contributed by atoms with Crippen LogP contribution in [0.25, 0.3) is 0 Å². The van der Waals surface area contributed by atoms with Crippen LogP contribution in [0.5, 0.6) is 5.88 Å². The number of halogens is 2. The van der Waals surface area contributed by atoms with E-state index in [0.717, 1.165) is 5.56 Å². The minimum Gasteiger partial charge on any atom is -0.481 e. The number of pyridine rings is 1. The lowest BCUT2D eigenvalue weighted by molar-refractivity contribution is 0.396. The zero-order valence-corrected chi connectivity index (χ0v) is 8.76. The molecule has 0 saturated carbocycles. The van der Waals surface area contributed by atoms with Gasteiger partial charge in [-0.2, -0.15) is 0 Å². The van der Waals surface area contributed by atoms with Gasteiger partial charge in [0.05, 0.1) is 13.8 Å². The van der Waals surface area contributed by atoms with Gasteiger partial charge in [0.2, 0.25) is 5.88 Å². The molecule has 1 aromatic heterocycles. The number of nitrogens with two attached hydrogens (primary N) is 1. The number of methoxy groups -OCH3 is 1. The highest BCUT2D eigenvalue weighted by molar-refractivity contribution is 5.85. The molecule has 0 bridgehead atoms. The van der Waals surface area contributed by atoms with Gasteiger partial charge in [-0.1, -0.05) is 6.07 Å². The molecule has 0 fully saturated rings. The number of ether oxygens (including phenoxy) is 1. The molecule has 1 heterocycles. The van der Waals surface area contributed by atoms with Crippen molar-refractivity contribution in [3.05, 3.63) is 23.9 Å². The molecule has 80 valence electrons. The number of hydrogen-bond donors (Lipinski definition) is 1. The summed E-state index contributed by atoms with van der Waals surface area (Å²) >= 11 is 0. The van der Waals surface area contributed by atoms with E-state index in [9.17, 15) is 4.39 Å². The molecule has 0 aliphatic carbocycles. The summed E-state index contributed by atoms with van der Waals surface area (Å²) in [6, 6.07) is 3.24. The normalized spacial score (nSPS) is 11.6. The van der Waals surface area contributed by atoms with E-state index in [4.69, 9.17) is 10.5 Å². The first kappa shape index (κ1) is 13.1. The highest BCUT2D eigenvalue weighted by Gasteiger charge is 2.05. The van der Waals surface area contributed by atoms with E-state index in [2.05, 4.69) is 4.98 Å². The summed E-state index contributed by atoms with van der Waals surface area (Å²) in [5.41, 5.74) is 6.51. The molecule has 0 aliphatic heterocycles. The van der Waals surface area contributed by atoms with E-state index < -0.39 is 6.67 Å². The molecule has 1 atom stereocenters. The molecule has 0 radical (unpaired) electrons. The number of hydrogen-bond acceptors (Lipinski definition) is 3. The highest BCUT2D eigenvalue weighted by atomic mass is 35.5. The van der Waals surface area contributed by atoms with Crippen molar-refractivity contribution in [3.63, 3.8) is 0 Å². The third-order valence-corrected chi connectivity index (χ3v) is 1.82. The summed E-state index contributed by atoms with van der Waals surface area (Å²) in [5, 5.41) is 0. The number of rotatable bonds is 4. The lowest BCUT2D eigenvalue weighted by Gasteiger charge is -2.09. The predicted molar refractivity (Wildman–Crippen MR) is 55.6 cm³/mol. The van der Waals surface area contributed by atoms with Gasteiger partial charge < -0.3 is 10.5 Å². The molecule has 1 aromatic rings. The van der Waals surface area contributed by atoms with Crippen molar-refractivity contribution in [3.8, 4) is 5.88 Å². The lowest BCUT2D eigenvalue weighted by Crippen LogP contribution is -2.11. The monoisotopic (exact) mass is 220 g/mol. The molecule has 0 spiro atoms. The van der Waals surface area contributed by atoms with E-state index in [-0.39, 0.29) is 18.4 Å². The van der Waals surface area contributed by atoms with Crippen molar-refractivity contribution in [2.75, 3.05) is 13.8 Å². The van der Waals surface area contributed by atoms with Crippen LogP contribution >= 0.6 is 12.4 Å². The maximum atomic E-state index is 11.9. The van der Waals surface area contributed by atoms with E-state index in [0.29, 0.717) is 12.3 Å². The van der Waals surface area contributed by atoms with Gasteiger partial charge in [-0.15, -0.1) is 12.4 Å². The maximum absolute atomic E-state index is 11.9. The predicted octanol–water partition coefficient (Wildman–Crippen LogP) is 1.87. The van der Waals surface area contributed by atoms with Crippen LogP contribution in [0.4, 0.5) is 4.39 Å². The molecule has 1 rings (SSSR count). The molecule has 0 saturated heterocycles. The van der Waals surface area contributed by atoms with E-state index in [1.165, 1.54) is 0 Å². The number of alkyl halides is 1. The van der Waals surface area contributed by atoms with Gasteiger partial charge >= 0.3 is 0 Å². The lowest BCUT2D eigenvalue weighted by atomic mass is 10.1. The summed E-state index contributed by atoms with van der Waals surface area (Å²) in [5.74, 6) is 0.538. The van der Waals surface area contributed by atoms with Gasteiger partial charge in [-0.3, -0.25) is 4.39 Å². The van der Waals surface area contributed by atoms with Crippen LogP contribution in [-0.2, 0) is 0 Å². The average Bonchev–Trinajstić information content (AvgIpc) is 2.18. The van der Waals surface area contributed by atoms with Crippen LogP contribution in [0.15, 0.2) is 18.3 Å². The molecular formula is C9H14ClFN2O. The second kappa shape index (κ2) is 6.56. The van der Waals surface area contributed by atoms with E-state index in [1.54, 1.807) is 25.4 Å². The van der Waals surface area contributed by atoms with Crippen LogP contribution < -0.4 is 10.5 Å². The first-order valence-corrected chi connectivity index (χ1v) is 4.09. The second-order valence-electron chi connectivity index (χ2n) is 2.72. The van der Waals surface area contributed by atoms with Crippen LogP contribution in [0.2, 0.25) is 0 Å². The Kier molecular flexibility index (Phi) is 6.16. The van der Waals surface area contributed by atoms with Crippen LogP contribution in [0.1, 0.15) is 18.0 Å². The largest absolute Gasteiger partial charge is 0.481 e. The Morgan fingerprint density at radius 1 is 1.57 bits per heavy atom. The van der Waals surface area contributed by atoms with Gasteiger partial charge in [0.25, 0.3) is 0 Å².